The first-order valence-corrected chi connectivity index (χ1v) is 12.5. The molecule has 2 aliphatic rings. The third-order valence-electron chi connectivity index (χ3n) is 6.45. The van der Waals surface area contributed by atoms with E-state index in [4.69, 9.17) is 9.47 Å². The SMILES string of the molecule is COC(C(=O)NC1CCC(OC(=O)C2CCCCC2)CNC1=O)C(O)C(O)C(O)C=CC(C)(C)C. The Hall–Kier alpha value is -2.01. The number of nitrogens with one attached hydrogen (secondary N) is 2. The molecule has 1 saturated carbocycles. The first-order chi connectivity index (χ1) is 16.4. The van der Waals surface area contributed by atoms with Gasteiger partial charge in [-0.1, -0.05) is 52.2 Å². The van der Waals surface area contributed by atoms with Crippen molar-refractivity contribution in [3.8, 4) is 0 Å². The summed E-state index contributed by atoms with van der Waals surface area (Å²) >= 11 is 0. The zero-order chi connectivity index (χ0) is 26.2. The van der Waals surface area contributed by atoms with E-state index in [1.807, 2.05) is 20.8 Å². The number of esters is 1. The van der Waals surface area contributed by atoms with Crippen LogP contribution in [0.3, 0.4) is 0 Å². The molecule has 0 radical (unpaired) electrons. The highest BCUT2D eigenvalue weighted by molar-refractivity contribution is 5.89. The Morgan fingerprint density at radius 1 is 1.06 bits per heavy atom. The molecule has 0 spiro atoms. The van der Waals surface area contributed by atoms with Crippen molar-refractivity contribution in [2.75, 3.05) is 13.7 Å². The third kappa shape index (κ3) is 9.18. The van der Waals surface area contributed by atoms with Crippen LogP contribution in [0.15, 0.2) is 12.2 Å². The Morgan fingerprint density at radius 3 is 2.31 bits per heavy atom. The van der Waals surface area contributed by atoms with Crippen molar-refractivity contribution in [2.24, 2.45) is 11.3 Å². The van der Waals surface area contributed by atoms with Gasteiger partial charge in [0.25, 0.3) is 5.91 Å². The van der Waals surface area contributed by atoms with Gasteiger partial charge in [0.2, 0.25) is 5.91 Å². The molecular weight excluding hydrogens is 456 g/mol. The quantitative estimate of drug-likeness (QED) is 0.228. The van der Waals surface area contributed by atoms with Crippen LogP contribution in [0, 0.1) is 11.3 Å². The summed E-state index contributed by atoms with van der Waals surface area (Å²) in [5.74, 6) is -1.57. The smallest absolute Gasteiger partial charge is 0.309 e. The van der Waals surface area contributed by atoms with E-state index in [9.17, 15) is 29.7 Å². The Balaban J connectivity index is 1.92. The van der Waals surface area contributed by atoms with Gasteiger partial charge in [-0.05, 0) is 31.1 Å². The van der Waals surface area contributed by atoms with Gasteiger partial charge in [0.15, 0.2) is 6.10 Å². The lowest BCUT2D eigenvalue weighted by atomic mass is 9.89. The van der Waals surface area contributed by atoms with Crippen LogP contribution >= 0.6 is 0 Å². The van der Waals surface area contributed by atoms with Gasteiger partial charge in [0.1, 0.15) is 30.5 Å². The topological polar surface area (TPSA) is 154 Å². The van der Waals surface area contributed by atoms with E-state index in [1.54, 1.807) is 6.08 Å². The Kier molecular flexibility index (Phi) is 11.1. The third-order valence-corrected chi connectivity index (χ3v) is 6.45. The van der Waals surface area contributed by atoms with E-state index in [1.165, 1.54) is 13.2 Å². The highest BCUT2D eigenvalue weighted by Gasteiger charge is 2.38. The van der Waals surface area contributed by atoms with Gasteiger partial charge in [-0.2, -0.15) is 0 Å². The van der Waals surface area contributed by atoms with Gasteiger partial charge in [-0.3, -0.25) is 14.4 Å². The molecule has 0 aromatic carbocycles. The summed E-state index contributed by atoms with van der Waals surface area (Å²) in [5, 5.41) is 36.2. The highest BCUT2D eigenvalue weighted by atomic mass is 16.5. The lowest BCUT2D eigenvalue weighted by molar-refractivity contribution is -0.155. The summed E-state index contributed by atoms with van der Waals surface area (Å²) < 4.78 is 10.7. The summed E-state index contributed by atoms with van der Waals surface area (Å²) in [6.07, 6.45) is 1.61. The monoisotopic (exact) mass is 498 g/mol. The molecule has 10 heteroatoms. The number of rotatable bonds is 9. The second-order valence-corrected chi connectivity index (χ2v) is 10.6. The molecule has 0 aromatic rings. The minimum absolute atomic E-state index is 0.0952. The maximum Gasteiger partial charge on any atom is 0.309 e. The van der Waals surface area contributed by atoms with Crippen LogP contribution in [0.5, 0.6) is 0 Å². The summed E-state index contributed by atoms with van der Waals surface area (Å²) in [6.45, 7) is 5.88. The minimum atomic E-state index is -1.74. The average Bonchev–Trinajstić information content (AvgIpc) is 2.98. The molecule has 10 nitrogen and oxygen atoms in total. The van der Waals surface area contributed by atoms with Crippen molar-refractivity contribution >= 4 is 17.8 Å². The highest BCUT2D eigenvalue weighted by Crippen LogP contribution is 2.26. The van der Waals surface area contributed by atoms with Gasteiger partial charge in [-0.25, -0.2) is 0 Å². The van der Waals surface area contributed by atoms with E-state index in [0.717, 1.165) is 32.1 Å². The van der Waals surface area contributed by atoms with Crippen molar-refractivity contribution in [3.05, 3.63) is 12.2 Å². The maximum atomic E-state index is 12.8. The number of carbonyl (C=O) groups excluding carboxylic acids is 3. The molecule has 1 aliphatic carbocycles. The molecule has 6 atom stereocenters. The molecule has 1 saturated heterocycles. The fraction of sp³-hybridized carbons (Fsp3) is 0.800. The first kappa shape index (κ1) is 29.2. The fourth-order valence-corrected chi connectivity index (χ4v) is 4.30. The van der Waals surface area contributed by atoms with Crippen molar-refractivity contribution in [2.45, 2.75) is 102 Å². The number of carbonyl (C=O) groups is 3. The van der Waals surface area contributed by atoms with E-state index >= 15 is 0 Å². The molecular formula is C25H42N2O8. The van der Waals surface area contributed by atoms with Crippen LogP contribution < -0.4 is 10.6 Å². The molecule has 0 bridgehead atoms. The van der Waals surface area contributed by atoms with Gasteiger partial charge < -0.3 is 35.4 Å². The van der Waals surface area contributed by atoms with Crippen LogP contribution in [-0.4, -0.2) is 83.3 Å². The molecule has 35 heavy (non-hydrogen) atoms. The first-order valence-electron chi connectivity index (χ1n) is 12.5. The Labute approximate surface area is 207 Å². The summed E-state index contributed by atoms with van der Waals surface area (Å²) in [7, 11) is 1.19. The van der Waals surface area contributed by atoms with Crippen LogP contribution in [-0.2, 0) is 23.9 Å². The molecule has 1 aliphatic heterocycles. The second kappa shape index (κ2) is 13.3. The van der Waals surface area contributed by atoms with Gasteiger partial charge in [0.05, 0.1) is 12.5 Å². The second-order valence-electron chi connectivity index (χ2n) is 10.6. The van der Waals surface area contributed by atoms with Crippen LogP contribution in [0.4, 0.5) is 0 Å². The van der Waals surface area contributed by atoms with Crippen LogP contribution in [0.2, 0.25) is 0 Å². The zero-order valence-corrected chi connectivity index (χ0v) is 21.2. The molecule has 2 fully saturated rings. The number of hydrogen-bond acceptors (Lipinski definition) is 8. The maximum absolute atomic E-state index is 12.8. The number of hydrogen-bond donors (Lipinski definition) is 5. The normalized spacial score (nSPS) is 25.7. The number of aliphatic hydroxyl groups is 3. The van der Waals surface area contributed by atoms with Crippen LogP contribution in [0.1, 0.15) is 65.7 Å². The predicted octanol–water partition coefficient (Wildman–Crippen LogP) is 0.573. The summed E-state index contributed by atoms with van der Waals surface area (Å²) in [5.41, 5.74) is -0.251. The average molecular weight is 499 g/mol. The molecule has 2 rings (SSSR count). The fourth-order valence-electron chi connectivity index (χ4n) is 4.30. The Morgan fingerprint density at radius 2 is 1.71 bits per heavy atom. The van der Waals surface area contributed by atoms with Gasteiger partial charge in [-0.15, -0.1) is 0 Å². The predicted molar refractivity (Wildman–Crippen MR) is 128 cm³/mol. The zero-order valence-electron chi connectivity index (χ0n) is 21.2. The molecule has 200 valence electrons. The molecule has 1 heterocycles. The molecule has 6 unspecified atom stereocenters. The summed E-state index contributed by atoms with van der Waals surface area (Å²) in [4.78, 5) is 37.7. The van der Waals surface area contributed by atoms with Crippen molar-refractivity contribution < 1.29 is 39.2 Å². The van der Waals surface area contributed by atoms with E-state index in [2.05, 4.69) is 10.6 Å². The van der Waals surface area contributed by atoms with E-state index < -0.39 is 48.4 Å². The largest absolute Gasteiger partial charge is 0.460 e. The van der Waals surface area contributed by atoms with Crippen molar-refractivity contribution in [1.29, 1.82) is 0 Å². The molecule has 2 amide bonds. The minimum Gasteiger partial charge on any atom is -0.460 e. The number of allylic oxidation sites excluding steroid dienone is 1. The number of aliphatic hydroxyl groups excluding tert-OH is 3. The number of ether oxygens (including phenoxy) is 2. The van der Waals surface area contributed by atoms with E-state index in [0.29, 0.717) is 6.42 Å². The van der Waals surface area contributed by atoms with Crippen molar-refractivity contribution in [3.63, 3.8) is 0 Å². The van der Waals surface area contributed by atoms with Gasteiger partial charge >= 0.3 is 5.97 Å². The summed E-state index contributed by atoms with van der Waals surface area (Å²) in [6, 6.07) is -0.923. The standard InChI is InChI=1S/C25H42N2O8/c1-25(2,3)13-12-18(28)19(29)20(30)21(34-4)23(32)27-17-11-10-16(14-26-22(17)31)35-24(33)15-8-6-5-7-9-15/h12-13,15-21,28-30H,5-11,14H2,1-4H3,(H,26,31)(H,27,32). The van der Waals surface area contributed by atoms with Gasteiger partial charge in [0, 0.05) is 7.11 Å². The van der Waals surface area contributed by atoms with E-state index in [-0.39, 0.29) is 30.3 Å². The van der Waals surface area contributed by atoms with Crippen LogP contribution in [0.25, 0.3) is 0 Å². The lowest BCUT2D eigenvalue weighted by Gasteiger charge is -2.28. The Bertz CT molecular complexity index is 744. The number of amides is 2. The number of methoxy groups -OCH3 is 1. The van der Waals surface area contributed by atoms with Crippen molar-refractivity contribution in [1.82, 2.24) is 10.6 Å². The molecule has 5 N–H and O–H groups in total. The lowest BCUT2D eigenvalue weighted by Crippen LogP contribution is -2.55. The molecule has 0 aromatic heterocycles.